The summed E-state index contributed by atoms with van der Waals surface area (Å²) >= 11 is 0. The maximum Gasteiger partial charge on any atom is 0.433 e. The molecule has 15 heavy (non-hydrogen) atoms. The first-order valence-corrected chi connectivity index (χ1v) is 5.61. The van der Waals surface area contributed by atoms with E-state index in [1.165, 1.54) is 0 Å². The van der Waals surface area contributed by atoms with Crippen molar-refractivity contribution in [2.45, 2.75) is 11.2 Å². The predicted octanol–water partition coefficient (Wildman–Crippen LogP) is 2.17. The van der Waals surface area contributed by atoms with Gasteiger partial charge in [-0.3, -0.25) is 0 Å². The number of hydrogen-bond donors (Lipinski definition) is 0. The van der Waals surface area contributed by atoms with Crippen LogP contribution in [-0.2, 0) is 15.2 Å². The minimum absolute atomic E-state index is 0.0750. The van der Waals surface area contributed by atoms with E-state index in [1.54, 1.807) is 0 Å². The zero-order valence-electron chi connectivity index (χ0n) is 6.72. The quantitative estimate of drug-likeness (QED) is 0.576. The number of pyridine rings is 1. The van der Waals surface area contributed by atoms with E-state index in [-0.39, 0.29) is 6.07 Å². The van der Waals surface area contributed by atoms with E-state index in [0.717, 1.165) is 0 Å². The van der Waals surface area contributed by atoms with Gasteiger partial charge in [-0.1, -0.05) is 0 Å². The highest BCUT2D eigenvalue weighted by molar-refractivity contribution is 8.13. The highest BCUT2D eigenvalue weighted by Gasteiger charge is 2.34. The molecule has 0 atom stereocenters. The molecule has 0 aliphatic carbocycles. The van der Waals surface area contributed by atoms with Crippen LogP contribution in [-0.4, -0.2) is 13.4 Å². The summed E-state index contributed by atoms with van der Waals surface area (Å²) in [5.74, 6) is -1.38. The molecule has 0 unspecified atom stereocenters. The average Bonchev–Trinajstić information content (AvgIpc) is 1.99. The average molecular weight is 264 g/mol. The first-order chi connectivity index (χ1) is 6.60. The summed E-state index contributed by atoms with van der Waals surface area (Å²) in [6.07, 6.45) is -4.93. The standard InChI is InChI=1S/C6H2ClF4NO2S/c7-15(13,14)5-2-3(8)1-4(12-5)6(9,10)11/h1-2H. The van der Waals surface area contributed by atoms with E-state index < -0.39 is 31.8 Å². The Kier molecular flexibility index (Phi) is 2.92. The fourth-order valence-electron chi connectivity index (χ4n) is 0.744. The molecule has 0 bridgehead atoms. The van der Waals surface area contributed by atoms with Gasteiger partial charge in [0.2, 0.25) is 0 Å². The topological polar surface area (TPSA) is 47.0 Å². The van der Waals surface area contributed by atoms with E-state index in [2.05, 4.69) is 4.98 Å². The van der Waals surface area contributed by atoms with Crippen LogP contribution in [0.1, 0.15) is 5.69 Å². The minimum atomic E-state index is -4.93. The molecule has 0 spiro atoms. The number of hydrogen-bond acceptors (Lipinski definition) is 3. The van der Waals surface area contributed by atoms with Crippen LogP contribution in [0.4, 0.5) is 17.6 Å². The number of nitrogens with zero attached hydrogens (tertiary/aromatic N) is 1. The van der Waals surface area contributed by atoms with E-state index in [0.29, 0.717) is 6.07 Å². The van der Waals surface area contributed by atoms with Gasteiger partial charge in [0, 0.05) is 22.8 Å². The summed E-state index contributed by atoms with van der Waals surface area (Å²) in [7, 11) is 0.241. The molecule has 0 fully saturated rings. The van der Waals surface area contributed by atoms with Crippen molar-refractivity contribution >= 4 is 19.7 Å². The second-order valence-electron chi connectivity index (χ2n) is 2.44. The summed E-state index contributed by atoms with van der Waals surface area (Å²) in [5, 5.41) is -1.17. The Bertz CT molecular complexity index is 484. The molecule has 84 valence electrons. The van der Waals surface area contributed by atoms with E-state index in [4.69, 9.17) is 10.7 Å². The first-order valence-electron chi connectivity index (χ1n) is 3.30. The van der Waals surface area contributed by atoms with Gasteiger partial charge in [0.05, 0.1) is 0 Å². The van der Waals surface area contributed by atoms with Gasteiger partial charge in [-0.2, -0.15) is 13.2 Å². The van der Waals surface area contributed by atoms with Crippen molar-refractivity contribution < 1.29 is 26.0 Å². The molecule has 0 amide bonds. The Hall–Kier alpha value is -0.890. The normalized spacial score (nSPS) is 12.9. The summed E-state index contributed by atoms with van der Waals surface area (Å²) in [5.41, 5.74) is -1.65. The Labute approximate surface area is 86.1 Å². The van der Waals surface area contributed by atoms with Crippen LogP contribution in [0.2, 0.25) is 0 Å². The molecule has 0 saturated heterocycles. The third kappa shape index (κ3) is 3.03. The lowest BCUT2D eigenvalue weighted by Crippen LogP contribution is -2.11. The van der Waals surface area contributed by atoms with Crippen LogP contribution in [0.3, 0.4) is 0 Å². The second-order valence-corrected chi connectivity index (χ2v) is 4.96. The van der Waals surface area contributed by atoms with Crippen LogP contribution >= 0.6 is 10.7 Å². The molecule has 0 N–H and O–H groups in total. The van der Waals surface area contributed by atoms with Gasteiger partial charge in [0.25, 0.3) is 9.05 Å². The van der Waals surface area contributed by atoms with E-state index >= 15 is 0 Å². The third-order valence-electron chi connectivity index (χ3n) is 1.31. The van der Waals surface area contributed by atoms with Crippen LogP contribution in [0.15, 0.2) is 17.2 Å². The van der Waals surface area contributed by atoms with Crippen LogP contribution in [0, 0.1) is 5.82 Å². The van der Waals surface area contributed by atoms with Crippen molar-refractivity contribution in [2.75, 3.05) is 0 Å². The smallest absolute Gasteiger partial charge is 0.230 e. The van der Waals surface area contributed by atoms with Crippen molar-refractivity contribution in [2.24, 2.45) is 0 Å². The van der Waals surface area contributed by atoms with Crippen molar-refractivity contribution in [1.29, 1.82) is 0 Å². The molecule has 0 saturated carbocycles. The summed E-state index contributed by atoms with van der Waals surface area (Å²) in [6, 6.07) is 0.378. The van der Waals surface area contributed by atoms with Crippen LogP contribution in [0.25, 0.3) is 0 Å². The molecule has 0 radical (unpaired) electrons. The molecule has 1 heterocycles. The monoisotopic (exact) mass is 263 g/mol. The van der Waals surface area contributed by atoms with Crippen molar-refractivity contribution in [3.8, 4) is 0 Å². The molecule has 9 heteroatoms. The number of rotatable bonds is 1. The molecule has 1 aromatic heterocycles. The number of aromatic nitrogens is 1. The molecule has 0 aliphatic rings. The molecule has 1 aromatic rings. The predicted molar refractivity (Wildman–Crippen MR) is 42.2 cm³/mol. The number of alkyl halides is 3. The Morgan fingerprint density at radius 3 is 2.20 bits per heavy atom. The maximum absolute atomic E-state index is 12.6. The summed E-state index contributed by atoms with van der Waals surface area (Å²) in [6.45, 7) is 0. The lowest BCUT2D eigenvalue weighted by atomic mass is 10.3. The van der Waals surface area contributed by atoms with Gasteiger partial charge in [0.1, 0.15) is 11.5 Å². The summed E-state index contributed by atoms with van der Waals surface area (Å²) < 4.78 is 70.1. The van der Waals surface area contributed by atoms with Gasteiger partial charge in [-0.25, -0.2) is 17.8 Å². The molecular formula is C6H2ClF4NO2S. The molecule has 0 aromatic carbocycles. The highest BCUT2D eigenvalue weighted by Crippen LogP contribution is 2.29. The van der Waals surface area contributed by atoms with Crippen molar-refractivity contribution in [3.63, 3.8) is 0 Å². The van der Waals surface area contributed by atoms with Crippen molar-refractivity contribution in [3.05, 3.63) is 23.6 Å². The SMILES string of the molecule is O=S(=O)(Cl)c1cc(F)cc(C(F)(F)F)n1. The fourth-order valence-corrected chi connectivity index (χ4v) is 1.44. The minimum Gasteiger partial charge on any atom is -0.230 e. The molecule has 0 aliphatic heterocycles. The van der Waals surface area contributed by atoms with Gasteiger partial charge >= 0.3 is 6.18 Å². The van der Waals surface area contributed by atoms with Gasteiger partial charge in [-0.15, -0.1) is 0 Å². The Morgan fingerprint density at radius 2 is 1.80 bits per heavy atom. The van der Waals surface area contributed by atoms with E-state index in [1.807, 2.05) is 0 Å². The zero-order chi connectivity index (χ0) is 11.9. The molecule has 1 rings (SSSR count). The van der Waals surface area contributed by atoms with E-state index in [9.17, 15) is 26.0 Å². The Balaban J connectivity index is 3.43. The summed E-state index contributed by atoms with van der Waals surface area (Å²) in [4.78, 5) is 2.69. The van der Waals surface area contributed by atoms with Crippen molar-refractivity contribution in [1.82, 2.24) is 4.98 Å². The maximum atomic E-state index is 12.6. The molecule has 3 nitrogen and oxygen atoms in total. The second kappa shape index (κ2) is 3.60. The van der Waals surface area contributed by atoms with Gasteiger partial charge in [-0.05, 0) is 0 Å². The Morgan fingerprint density at radius 1 is 1.27 bits per heavy atom. The largest absolute Gasteiger partial charge is 0.433 e. The third-order valence-corrected chi connectivity index (χ3v) is 2.49. The van der Waals surface area contributed by atoms with Crippen LogP contribution < -0.4 is 0 Å². The zero-order valence-corrected chi connectivity index (χ0v) is 8.29. The van der Waals surface area contributed by atoms with Gasteiger partial charge < -0.3 is 0 Å². The first kappa shape index (κ1) is 12.2. The van der Waals surface area contributed by atoms with Crippen LogP contribution in [0.5, 0.6) is 0 Å². The van der Waals surface area contributed by atoms with Gasteiger partial charge in [0.15, 0.2) is 5.03 Å². The lowest BCUT2D eigenvalue weighted by molar-refractivity contribution is -0.141. The number of halogens is 5. The molecular weight excluding hydrogens is 262 g/mol. The lowest BCUT2D eigenvalue weighted by Gasteiger charge is -2.06. The fraction of sp³-hybridized carbons (Fsp3) is 0.167. The highest BCUT2D eigenvalue weighted by atomic mass is 35.7.